The number of carbonyl (C=O) groups is 1. The normalized spacial score (nSPS) is 28.7. The highest BCUT2D eigenvalue weighted by Gasteiger charge is 2.39. The summed E-state index contributed by atoms with van der Waals surface area (Å²) in [4.78, 5) is 11.8. The number of carbonyl (C=O) groups excluding carboxylic acids is 1. The maximum Gasteiger partial charge on any atom is 0.222 e. The Labute approximate surface area is 108 Å². The first kappa shape index (κ1) is 13.8. The van der Waals surface area contributed by atoms with Crippen molar-refractivity contribution in [2.24, 2.45) is 0 Å². The molecule has 5 nitrogen and oxygen atoms in total. The fourth-order valence-corrected chi connectivity index (χ4v) is 2.47. The Hall–Kier alpha value is -0.650. The van der Waals surface area contributed by atoms with Crippen LogP contribution in [0.4, 0.5) is 0 Å². The van der Waals surface area contributed by atoms with E-state index in [2.05, 4.69) is 5.32 Å². The minimum atomic E-state index is -0.531. The molecule has 1 heterocycles. The van der Waals surface area contributed by atoms with E-state index in [1.165, 1.54) is 0 Å². The third-order valence-electron chi connectivity index (χ3n) is 3.77. The van der Waals surface area contributed by atoms with Gasteiger partial charge in [-0.05, 0) is 33.1 Å². The third kappa shape index (κ3) is 3.22. The first-order valence-corrected chi connectivity index (χ1v) is 6.58. The smallest absolute Gasteiger partial charge is 0.222 e. The first-order chi connectivity index (χ1) is 8.45. The molecule has 0 aromatic rings. The Morgan fingerprint density at radius 1 is 1.44 bits per heavy atom. The van der Waals surface area contributed by atoms with Crippen molar-refractivity contribution in [1.29, 1.82) is 0 Å². The van der Waals surface area contributed by atoms with Gasteiger partial charge < -0.3 is 19.5 Å². The van der Waals surface area contributed by atoms with Gasteiger partial charge in [0.15, 0.2) is 5.79 Å². The zero-order chi connectivity index (χ0) is 13.2. The van der Waals surface area contributed by atoms with Gasteiger partial charge in [-0.25, -0.2) is 0 Å². The lowest BCUT2D eigenvalue weighted by molar-refractivity contribution is -0.142. The zero-order valence-electron chi connectivity index (χ0n) is 11.5. The Morgan fingerprint density at radius 3 is 2.61 bits per heavy atom. The van der Waals surface area contributed by atoms with Gasteiger partial charge in [0.2, 0.25) is 5.91 Å². The van der Waals surface area contributed by atoms with Crippen molar-refractivity contribution >= 4 is 5.91 Å². The summed E-state index contributed by atoms with van der Waals surface area (Å²) in [6.07, 6.45) is 3.50. The summed E-state index contributed by atoms with van der Waals surface area (Å²) < 4.78 is 16.5. The van der Waals surface area contributed by atoms with Crippen molar-refractivity contribution in [1.82, 2.24) is 5.32 Å². The van der Waals surface area contributed by atoms with Gasteiger partial charge in [0.25, 0.3) is 0 Å². The van der Waals surface area contributed by atoms with E-state index in [9.17, 15) is 4.79 Å². The Balaban J connectivity index is 1.69. The van der Waals surface area contributed by atoms with Crippen LogP contribution < -0.4 is 5.32 Å². The summed E-state index contributed by atoms with van der Waals surface area (Å²) in [5.41, 5.74) is -0.212. The highest BCUT2D eigenvalue weighted by molar-refractivity contribution is 5.77. The number of hydrogen-bond acceptors (Lipinski definition) is 4. The number of hydrogen-bond donors (Lipinski definition) is 1. The van der Waals surface area contributed by atoms with Crippen LogP contribution in [0.3, 0.4) is 0 Å². The summed E-state index contributed by atoms with van der Waals surface area (Å²) in [6, 6.07) is 0. The molecule has 1 saturated carbocycles. The topological polar surface area (TPSA) is 56.8 Å². The maximum absolute atomic E-state index is 11.8. The average molecular weight is 257 g/mol. The van der Waals surface area contributed by atoms with Crippen LogP contribution in [0, 0.1) is 0 Å². The van der Waals surface area contributed by atoms with Crippen LogP contribution in [0.2, 0.25) is 0 Å². The van der Waals surface area contributed by atoms with E-state index in [4.69, 9.17) is 14.2 Å². The predicted molar refractivity (Wildman–Crippen MR) is 66.1 cm³/mol. The molecule has 1 aliphatic heterocycles. The van der Waals surface area contributed by atoms with Crippen LogP contribution in [0.5, 0.6) is 0 Å². The average Bonchev–Trinajstić information content (AvgIpc) is 2.61. The highest BCUT2D eigenvalue weighted by atomic mass is 16.7. The summed E-state index contributed by atoms with van der Waals surface area (Å²) in [5, 5.41) is 2.90. The SMILES string of the molecule is COC1(CC(=O)NCC2COC(C)(C)O2)CCC1. The molecule has 0 aromatic carbocycles. The molecule has 1 amide bonds. The van der Waals surface area contributed by atoms with E-state index in [0.29, 0.717) is 19.6 Å². The van der Waals surface area contributed by atoms with Crippen LogP contribution in [-0.4, -0.2) is 43.7 Å². The molecule has 2 rings (SSSR count). The minimum Gasteiger partial charge on any atom is -0.378 e. The maximum atomic E-state index is 11.8. The van der Waals surface area contributed by atoms with Crippen LogP contribution in [0.15, 0.2) is 0 Å². The zero-order valence-corrected chi connectivity index (χ0v) is 11.5. The molecule has 1 saturated heterocycles. The monoisotopic (exact) mass is 257 g/mol. The van der Waals surface area contributed by atoms with E-state index in [1.54, 1.807) is 7.11 Å². The Kier molecular flexibility index (Phi) is 3.94. The van der Waals surface area contributed by atoms with Crippen molar-refractivity contribution in [2.45, 2.75) is 57.0 Å². The lowest BCUT2D eigenvalue weighted by Crippen LogP contribution is -2.45. The Morgan fingerprint density at radius 2 is 2.17 bits per heavy atom. The van der Waals surface area contributed by atoms with Crippen molar-refractivity contribution in [3.63, 3.8) is 0 Å². The van der Waals surface area contributed by atoms with E-state index >= 15 is 0 Å². The molecule has 0 bridgehead atoms. The summed E-state index contributed by atoms with van der Waals surface area (Å²) in [7, 11) is 1.68. The minimum absolute atomic E-state index is 0.0323. The van der Waals surface area contributed by atoms with Gasteiger partial charge in [-0.1, -0.05) is 0 Å². The summed E-state index contributed by atoms with van der Waals surface area (Å²) >= 11 is 0. The molecule has 104 valence electrons. The molecule has 1 unspecified atom stereocenters. The lowest BCUT2D eigenvalue weighted by atomic mass is 9.77. The number of methoxy groups -OCH3 is 1. The van der Waals surface area contributed by atoms with Gasteiger partial charge in [-0.2, -0.15) is 0 Å². The molecule has 1 atom stereocenters. The van der Waals surface area contributed by atoms with Crippen LogP contribution in [0.1, 0.15) is 39.5 Å². The lowest BCUT2D eigenvalue weighted by Gasteiger charge is -2.39. The molecular formula is C13H23NO4. The second-order valence-electron chi connectivity index (χ2n) is 5.67. The first-order valence-electron chi connectivity index (χ1n) is 6.58. The number of ether oxygens (including phenoxy) is 3. The van der Waals surface area contributed by atoms with Gasteiger partial charge >= 0.3 is 0 Å². The van der Waals surface area contributed by atoms with Gasteiger partial charge in [0.1, 0.15) is 6.10 Å². The van der Waals surface area contributed by atoms with Crippen LogP contribution in [0.25, 0.3) is 0 Å². The van der Waals surface area contributed by atoms with E-state index < -0.39 is 5.79 Å². The highest BCUT2D eigenvalue weighted by Crippen LogP contribution is 2.37. The summed E-state index contributed by atoms with van der Waals surface area (Å²) in [5.74, 6) is -0.498. The molecule has 1 aliphatic carbocycles. The number of rotatable bonds is 5. The molecule has 5 heteroatoms. The fourth-order valence-electron chi connectivity index (χ4n) is 2.47. The standard InChI is InChI=1S/C13H23NO4/c1-12(2)17-9-10(18-12)8-14-11(15)7-13(16-3)5-4-6-13/h10H,4-9H2,1-3H3,(H,14,15). The Bertz CT molecular complexity index is 307. The predicted octanol–water partition coefficient (Wildman–Crippen LogP) is 1.21. The molecule has 18 heavy (non-hydrogen) atoms. The fraction of sp³-hybridized carbons (Fsp3) is 0.923. The summed E-state index contributed by atoms with van der Waals surface area (Å²) in [6.45, 7) is 4.79. The van der Waals surface area contributed by atoms with Crippen molar-refractivity contribution in [3.8, 4) is 0 Å². The molecule has 2 aliphatic rings. The van der Waals surface area contributed by atoms with Gasteiger partial charge in [-0.15, -0.1) is 0 Å². The van der Waals surface area contributed by atoms with Crippen molar-refractivity contribution in [3.05, 3.63) is 0 Å². The van der Waals surface area contributed by atoms with E-state index in [0.717, 1.165) is 19.3 Å². The molecule has 1 N–H and O–H groups in total. The van der Waals surface area contributed by atoms with E-state index in [1.807, 2.05) is 13.8 Å². The molecule has 0 radical (unpaired) electrons. The van der Waals surface area contributed by atoms with Crippen LogP contribution >= 0.6 is 0 Å². The quantitative estimate of drug-likeness (QED) is 0.804. The molecule has 0 aromatic heterocycles. The molecular weight excluding hydrogens is 234 g/mol. The largest absolute Gasteiger partial charge is 0.378 e. The van der Waals surface area contributed by atoms with Crippen molar-refractivity contribution < 1.29 is 19.0 Å². The molecule has 2 fully saturated rings. The van der Waals surface area contributed by atoms with Crippen molar-refractivity contribution in [2.75, 3.05) is 20.3 Å². The third-order valence-corrected chi connectivity index (χ3v) is 3.77. The van der Waals surface area contributed by atoms with Gasteiger partial charge in [0, 0.05) is 13.7 Å². The van der Waals surface area contributed by atoms with E-state index in [-0.39, 0.29) is 17.6 Å². The second-order valence-corrected chi connectivity index (χ2v) is 5.67. The number of amides is 1. The van der Waals surface area contributed by atoms with Gasteiger partial charge in [0.05, 0.1) is 18.6 Å². The van der Waals surface area contributed by atoms with Gasteiger partial charge in [-0.3, -0.25) is 4.79 Å². The molecule has 0 spiro atoms. The number of nitrogens with one attached hydrogen (secondary N) is 1. The van der Waals surface area contributed by atoms with Crippen LogP contribution in [-0.2, 0) is 19.0 Å². The second kappa shape index (κ2) is 5.15.